The summed E-state index contributed by atoms with van der Waals surface area (Å²) < 4.78 is 0. The van der Waals surface area contributed by atoms with Gasteiger partial charge in [0.1, 0.15) is 5.75 Å². The highest BCUT2D eigenvalue weighted by atomic mass is 16.3. The van der Waals surface area contributed by atoms with Crippen LogP contribution < -0.4 is 5.32 Å². The maximum Gasteiger partial charge on any atom is 0.116 e. The van der Waals surface area contributed by atoms with E-state index in [0.717, 1.165) is 12.2 Å². The number of benzene rings is 1. The summed E-state index contributed by atoms with van der Waals surface area (Å²) in [6.45, 7) is 0.975. The molecule has 15 heavy (non-hydrogen) atoms. The highest BCUT2D eigenvalue weighted by molar-refractivity contribution is 5.59. The second-order valence-electron chi connectivity index (χ2n) is 4.11. The molecule has 1 heterocycles. The standard InChI is InChI=1S/C13H13NO/c15-10-5-6-13-12(7-10)11-4-2-1-3-9(11)8-14-13/h1-7,9,11,14-15H,8H2. The average Bonchev–Trinajstić information content (AvgIpc) is 2.29. The first-order chi connectivity index (χ1) is 7.34. The summed E-state index contributed by atoms with van der Waals surface area (Å²) in [4.78, 5) is 0. The minimum Gasteiger partial charge on any atom is -0.508 e. The van der Waals surface area contributed by atoms with Crippen LogP contribution in [0.2, 0.25) is 0 Å². The summed E-state index contributed by atoms with van der Waals surface area (Å²) in [5.41, 5.74) is 2.35. The molecule has 76 valence electrons. The van der Waals surface area contributed by atoms with E-state index in [2.05, 4.69) is 29.6 Å². The van der Waals surface area contributed by atoms with E-state index < -0.39 is 0 Å². The lowest BCUT2D eigenvalue weighted by molar-refractivity contribution is 0.472. The lowest BCUT2D eigenvalue weighted by atomic mass is 9.80. The van der Waals surface area contributed by atoms with Crippen molar-refractivity contribution in [2.75, 3.05) is 11.9 Å². The van der Waals surface area contributed by atoms with Crippen molar-refractivity contribution in [3.8, 4) is 5.75 Å². The lowest BCUT2D eigenvalue weighted by Crippen LogP contribution is -2.26. The van der Waals surface area contributed by atoms with Gasteiger partial charge in [-0.25, -0.2) is 0 Å². The van der Waals surface area contributed by atoms with Gasteiger partial charge in [-0.2, -0.15) is 0 Å². The Hall–Kier alpha value is -1.70. The quantitative estimate of drug-likeness (QED) is 0.629. The van der Waals surface area contributed by atoms with E-state index in [-0.39, 0.29) is 0 Å². The Morgan fingerprint density at radius 2 is 2.07 bits per heavy atom. The minimum atomic E-state index is 0.346. The zero-order valence-electron chi connectivity index (χ0n) is 8.35. The molecule has 1 aromatic carbocycles. The summed E-state index contributed by atoms with van der Waals surface area (Å²) in [6.07, 6.45) is 8.62. The summed E-state index contributed by atoms with van der Waals surface area (Å²) in [5.74, 6) is 1.28. The van der Waals surface area contributed by atoms with Gasteiger partial charge in [0.25, 0.3) is 0 Å². The van der Waals surface area contributed by atoms with E-state index in [1.807, 2.05) is 12.1 Å². The molecule has 2 atom stereocenters. The number of phenols is 1. The molecule has 2 N–H and O–H groups in total. The smallest absolute Gasteiger partial charge is 0.116 e. The normalized spacial score (nSPS) is 26.7. The Balaban J connectivity index is 2.10. The lowest BCUT2D eigenvalue weighted by Gasteiger charge is -2.32. The van der Waals surface area contributed by atoms with Crippen LogP contribution >= 0.6 is 0 Å². The molecule has 1 aliphatic heterocycles. The molecule has 0 aromatic heterocycles. The van der Waals surface area contributed by atoms with Crippen molar-refractivity contribution in [1.29, 1.82) is 0 Å². The number of rotatable bonds is 0. The van der Waals surface area contributed by atoms with E-state index in [0.29, 0.717) is 17.6 Å². The first-order valence-electron chi connectivity index (χ1n) is 5.26. The van der Waals surface area contributed by atoms with Gasteiger partial charge in [-0.3, -0.25) is 0 Å². The monoisotopic (exact) mass is 199 g/mol. The first-order valence-corrected chi connectivity index (χ1v) is 5.26. The van der Waals surface area contributed by atoms with Crippen molar-refractivity contribution in [2.45, 2.75) is 5.92 Å². The third-order valence-corrected chi connectivity index (χ3v) is 3.17. The SMILES string of the molecule is Oc1ccc2c(c1)C1C=CC=CC1CN2. The van der Waals surface area contributed by atoms with Gasteiger partial charge in [0.05, 0.1) is 0 Å². The summed E-state index contributed by atoms with van der Waals surface area (Å²) in [5, 5.41) is 12.9. The molecule has 0 saturated heterocycles. The van der Waals surface area contributed by atoms with Crippen LogP contribution in [0.4, 0.5) is 5.69 Å². The van der Waals surface area contributed by atoms with Crippen LogP contribution in [-0.2, 0) is 0 Å². The van der Waals surface area contributed by atoms with Crippen molar-refractivity contribution in [2.24, 2.45) is 5.92 Å². The molecule has 0 amide bonds. The largest absolute Gasteiger partial charge is 0.508 e. The van der Waals surface area contributed by atoms with Crippen LogP contribution in [0.5, 0.6) is 5.75 Å². The fourth-order valence-electron chi connectivity index (χ4n) is 2.40. The van der Waals surface area contributed by atoms with E-state index in [9.17, 15) is 5.11 Å². The fraction of sp³-hybridized carbons (Fsp3) is 0.231. The summed E-state index contributed by atoms with van der Waals surface area (Å²) >= 11 is 0. The number of phenolic OH excluding ortho intramolecular Hbond substituents is 1. The molecule has 2 unspecified atom stereocenters. The molecule has 2 heteroatoms. The topological polar surface area (TPSA) is 32.3 Å². The van der Waals surface area contributed by atoms with Gasteiger partial charge in [0, 0.05) is 24.1 Å². The number of hydrogen-bond acceptors (Lipinski definition) is 2. The van der Waals surface area contributed by atoms with Crippen LogP contribution in [0.15, 0.2) is 42.5 Å². The van der Waals surface area contributed by atoms with Gasteiger partial charge in [0.15, 0.2) is 0 Å². The fourth-order valence-corrected chi connectivity index (χ4v) is 2.40. The zero-order valence-corrected chi connectivity index (χ0v) is 8.35. The van der Waals surface area contributed by atoms with Gasteiger partial charge in [0.2, 0.25) is 0 Å². The third kappa shape index (κ3) is 1.33. The highest BCUT2D eigenvalue weighted by Crippen LogP contribution is 2.39. The van der Waals surface area contributed by atoms with Gasteiger partial charge >= 0.3 is 0 Å². The van der Waals surface area contributed by atoms with Crippen LogP contribution in [-0.4, -0.2) is 11.7 Å². The van der Waals surface area contributed by atoms with Crippen LogP contribution in [0.25, 0.3) is 0 Å². The Morgan fingerprint density at radius 1 is 1.20 bits per heavy atom. The number of hydrogen-bond donors (Lipinski definition) is 2. The zero-order chi connectivity index (χ0) is 10.3. The minimum absolute atomic E-state index is 0.346. The molecule has 0 saturated carbocycles. The Bertz CT molecular complexity index is 448. The molecule has 0 spiro atoms. The highest BCUT2D eigenvalue weighted by Gasteiger charge is 2.27. The van der Waals surface area contributed by atoms with Gasteiger partial charge in [-0.15, -0.1) is 0 Å². The van der Waals surface area contributed by atoms with Crippen molar-refractivity contribution in [3.63, 3.8) is 0 Å². The van der Waals surface area contributed by atoms with E-state index in [1.165, 1.54) is 5.56 Å². The molecule has 2 nitrogen and oxygen atoms in total. The maximum atomic E-state index is 9.51. The van der Waals surface area contributed by atoms with Crippen LogP contribution in [0.1, 0.15) is 11.5 Å². The Kier molecular flexibility index (Phi) is 1.81. The molecule has 1 aliphatic carbocycles. The van der Waals surface area contributed by atoms with Gasteiger partial charge in [-0.05, 0) is 23.8 Å². The molecule has 1 aromatic rings. The molecule has 2 aliphatic rings. The molecular formula is C13H13NO. The van der Waals surface area contributed by atoms with Crippen molar-refractivity contribution in [1.82, 2.24) is 0 Å². The second-order valence-corrected chi connectivity index (χ2v) is 4.11. The number of allylic oxidation sites excluding steroid dienone is 3. The van der Waals surface area contributed by atoms with Gasteiger partial charge in [-0.1, -0.05) is 24.3 Å². The third-order valence-electron chi connectivity index (χ3n) is 3.17. The summed E-state index contributed by atoms with van der Waals surface area (Å²) in [6, 6.07) is 5.55. The second kappa shape index (κ2) is 3.16. The van der Waals surface area contributed by atoms with Gasteiger partial charge < -0.3 is 10.4 Å². The predicted molar refractivity (Wildman–Crippen MR) is 61.1 cm³/mol. The summed E-state index contributed by atoms with van der Waals surface area (Å²) in [7, 11) is 0. The number of aromatic hydroxyl groups is 1. The predicted octanol–water partition coefficient (Wildman–Crippen LogP) is 2.64. The van der Waals surface area contributed by atoms with E-state index >= 15 is 0 Å². The van der Waals surface area contributed by atoms with E-state index in [1.54, 1.807) is 6.07 Å². The van der Waals surface area contributed by atoms with Crippen molar-refractivity contribution in [3.05, 3.63) is 48.1 Å². The maximum absolute atomic E-state index is 9.51. The molecule has 0 radical (unpaired) electrons. The Labute approximate surface area is 88.9 Å². The number of anilines is 1. The van der Waals surface area contributed by atoms with Crippen molar-refractivity contribution < 1.29 is 5.11 Å². The van der Waals surface area contributed by atoms with Crippen LogP contribution in [0.3, 0.4) is 0 Å². The molecular weight excluding hydrogens is 186 g/mol. The molecule has 3 rings (SSSR count). The van der Waals surface area contributed by atoms with Crippen LogP contribution in [0, 0.1) is 5.92 Å². The number of fused-ring (bicyclic) bond motifs is 3. The molecule has 0 fully saturated rings. The van der Waals surface area contributed by atoms with Crippen molar-refractivity contribution >= 4 is 5.69 Å². The first kappa shape index (κ1) is 8.60. The average molecular weight is 199 g/mol. The number of nitrogens with one attached hydrogen (secondary N) is 1. The van der Waals surface area contributed by atoms with E-state index in [4.69, 9.17) is 0 Å². The molecule has 0 bridgehead atoms. The Morgan fingerprint density at radius 3 is 3.00 bits per heavy atom.